The summed E-state index contributed by atoms with van der Waals surface area (Å²) in [6, 6.07) is 125. The van der Waals surface area contributed by atoms with Gasteiger partial charge in [-0.15, -0.1) is 11.3 Å². The lowest BCUT2D eigenvalue weighted by Gasteiger charge is -2.32. The molecular formula is C84H55NSSi. The first-order valence-electron chi connectivity index (χ1n) is 30.0. The van der Waals surface area contributed by atoms with Crippen molar-refractivity contribution in [2.24, 2.45) is 0 Å². The average molecular weight is 1140 g/mol. The molecule has 0 spiro atoms. The van der Waals surface area contributed by atoms with Gasteiger partial charge >= 0.3 is 0 Å². The van der Waals surface area contributed by atoms with Crippen LogP contribution in [0, 0.1) is 0 Å². The van der Waals surface area contributed by atoms with Crippen LogP contribution >= 0.6 is 11.3 Å². The number of aromatic nitrogens is 1. The molecule has 0 N–H and O–H groups in total. The maximum absolute atomic E-state index is 2.98. The van der Waals surface area contributed by atoms with Crippen molar-refractivity contribution in [2.75, 3.05) is 0 Å². The molecule has 87 heavy (non-hydrogen) atoms. The van der Waals surface area contributed by atoms with Crippen LogP contribution in [0.15, 0.2) is 334 Å². The van der Waals surface area contributed by atoms with Crippen molar-refractivity contribution in [3.05, 3.63) is 334 Å². The van der Waals surface area contributed by atoms with Gasteiger partial charge in [0.1, 0.15) is 0 Å². The van der Waals surface area contributed by atoms with E-state index in [9.17, 15) is 0 Å². The van der Waals surface area contributed by atoms with Gasteiger partial charge in [0.25, 0.3) is 0 Å². The van der Waals surface area contributed by atoms with Gasteiger partial charge in [-0.25, -0.2) is 0 Å². The molecule has 17 rings (SSSR count). The normalized spacial score (nSPS) is 12.5. The molecule has 0 bridgehead atoms. The van der Waals surface area contributed by atoms with Gasteiger partial charge in [0.2, 0.25) is 0 Å². The molecule has 16 aromatic rings. The van der Waals surface area contributed by atoms with Gasteiger partial charge in [-0.3, -0.25) is 0 Å². The predicted octanol–water partition coefficient (Wildman–Crippen LogP) is 20.2. The van der Waals surface area contributed by atoms with Crippen LogP contribution in [0.25, 0.3) is 137 Å². The molecule has 1 aliphatic heterocycles. The first-order chi connectivity index (χ1) is 43.1. The van der Waals surface area contributed by atoms with Gasteiger partial charge in [0, 0.05) is 36.6 Å². The van der Waals surface area contributed by atoms with Gasteiger partial charge in [-0.05, 0) is 152 Å². The van der Waals surface area contributed by atoms with Crippen LogP contribution in [0.3, 0.4) is 0 Å². The van der Waals surface area contributed by atoms with Gasteiger partial charge in [0.15, 0.2) is 8.07 Å². The summed E-state index contributed by atoms with van der Waals surface area (Å²) in [5.41, 5.74) is 23.1. The molecular weight excluding hydrogens is 1080 g/mol. The Hall–Kier alpha value is -10.7. The molecule has 0 saturated carbocycles. The maximum Gasteiger partial charge on any atom is 0.180 e. The summed E-state index contributed by atoms with van der Waals surface area (Å²) in [6.07, 6.45) is 0. The minimum absolute atomic E-state index is 1.16. The zero-order chi connectivity index (χ0) is 57.4. The molecule has 0 atom stereocenters. The molecule has 3 heterocycles. The highest BCUT2D eigenvalue weighted by molar-refractivity contribution is 7.26. The van der Waals surface area contributed by atoms with Gasteiger partial charge in [0.05, 0.1) is 11.0 Å². The highest BCUT2D eigenvalue weighted by atomic mass is 32.1. The van der Waals surface area contributed by atoms with Crippen molar-refractivity contribution in [3.63, 3.8) is 0 Å². The number of thiophene rings is 1. The Morgan fingerprint density at radius 3 is 1.08 bits per heavy atom. The van der Waals surface area contributed by atoms with Crippen LogP contribution in [-0.2, 0) is 0 Å². The van der Waals surface area contributed by atoms with Crippen LogP contribution in [0.1, 0.15) is 0 Å². The monoisotopic (exact) mass is 1140 g/mol. The smallest absolute Gasteiger partial charge is 0.180 e. The first kappa shape index (κ1) is 50.8. The number of hydrogen-bond acceptors (Lipinski definition) is 1. The quantitative estimate of drug-likeness (QED) is 0.120. The fourth-order valence-electron chi connectivity index (χ4n) is 14.1. The molecule has 0 saturated heterocycles. The van der Waals surface area contributed by atoms with E-state index in [2.05, 4.69) is 338 Å². The van der Waals surface area contributed by atoms with Crippen molar-refractivity contribution in [1.29, 1.82) is 0 Å². The van der Waals surface area contributed by atoms with E-state index in [1.54, 1.807) is 0 Å². The molecule has 3 heteroatoms. The molecule has 1 aliphatic rings. The zero-order valence-electron chi connectivity index (χ0n) is 47.6. The van der Waals surface area contributed by atoms with Crippen LogP contribution < -0.4 is 20.7 Å². The standard InChI is InChI=1S/C84H55NSSi/c1-5-16-56(17-6-1)58-28-32-60(33-29-58)62-36-40-64(41-37-62)66-45-50-79-77(52-66)78-53-67(65-42-38-63(39-43-65)61-34-30-59(31-35-61)57-18-7-2-8-19-57)46-51-80(78)85(79)69-47-49-75-74-48-44-68(72-25-15-26-76-73-24-13-14-27-81(73)86-84(72)76)54-82(74)87(83(75)55-69,70-20-9-3-10-21-70)71-22-11-4-12-23-71/h1-55H. The number of benzene rings is 14. The van der Waals surface area contributed by atoms with E-state index in [0.717, 1.165) is 5.69 Å². The Balaban J connectivity index is 0.814. The third-order valence-electron chi connectivity index (χ3n) is 18.4. The zero-order valence-corrected chi connectivity index (χ0v) is 49.4. The van der Waals surface area contributed by atoms with E-state index in [1.807, 2.05) is 11.3 Å². The van der Waals surface area contributed by atoms with Crippen molar-refractivity contribution >= 4 is 82.1 Å². The number of fused-ring (bicyclic) bond motifs is 9. The summed E-state index contributed by atoms with van der Waals surface area (Å²) in [5.74, 6) is 0. The van der Waals surface area contributed by atoms with E-state index in [-0.39, 0.29) is 0 Å². The second kappa shape index (κ2) is 20.8. The molecule has 0 amide bonds. The van der Waals surface area contributed by atoms with E-state index in [4.69, 9.17) is 0 Å². The third kappa shape index (κ3) is 8.49. The number of hydrogen-bond donors (Lipinski definition) is 0. The van der Waals surface area contributed by atoms with E-state index in [1.165, 1.54) is 152 Å². The van der Waals surface area contributed by atoms with Crippen molar-refractivity contribution in [1.82, 2.24) is 4.57 Å². The fourth-order valence-corrected chi connectivity index (χ4v) is 20.6. The van der Waals surface area contributed by atoms with E-state index >= 15 is 0 Å². The van der Waals surface area contributed by atoms with Gasteiger partial charge in [-0.2, -0.15) is 0 Å². The Labute approximate surface area is 511 Å². The molecule has 14 aromatic carbocycles. The summed E-state index contributed by atoms with van der Waals surface area (Å²) >= 11 is 1.90. The molecule has 1 nitrogen and oxygen atoms in total. The Morgan fingerprint density at radius 1 is 0.230 bits per heavy atom. The second-order valence-electron chi connectivity index (χ2n) is 23.1. The molecule has 0 aliphatic carbocycles. The van der Waals surface area contributed by atoms with Crippen LogP contribution in [0.5, 0.6) is 0 Å². The van der Waals surface area contributed by atoms with Crippen LogP contribution in [-0.4, -0.2) is 12.6 Å². The average Bonchev–Trinajstić information content (AvgIpc) is 1.68. The second-order valence-corrected chi connectivity index (χ2v) is 27.9. The van der Waals surface area contributed by atoms with Crippen LogP contribution in [0.4, 0.5) is 0 Å². The van der Waals surface area contributed by atoms with E-state index in [0.29, 0.717) is 0 Å². The molecule has 0 radical (unpaired) electrons. The Kier molecular flexibility index (Phi) is 12.2. The molecule has 406 valence electrons. The summed E-state index contributed by atoms with van der Waals surface area (Å²) in [7, 11) is -2.98. The maximum atomic E-state index is 2.58. The number of nitrogens with zero attached hydrogens (tertiary/aromatic N) is 1. The van der Waals surface area contributed by atoms with Crippen LogP contribution in [0.2, 0.25) is 0 Å². The third-order valence-corrected chi connectivity index (χ3v) is 24.4. The predicted molar refractivity (Wildman–Crippen MR) is 374 cm³/mol. The fraction of sp³-hybridized carbons (Fsp3) is 0. The van der Waals surface area contributed by atoms with Crippen molar-refractivity contribution in [2.45, 2.75) is 0 Å². The lowest BCUT2D eigenvalue weighted by atomic mass is 9.96. The van der Waals surface area contributed by atoms with Crippen molar-refractivity contribution in [3.8, 4) is 94.7 Å². The van der Waals surface area contributed by atoms with E-state index < -0.39 is 8.07 Å². The molecule has 0 fully saturated rings. The molecule has 0 unspecified atom stereocenters. The Morgan fingerprint density at radius 2 is 0.598 bits per heavy atom. The van der Waals surface area contributed by atoms with Gasteiger partial charge in [-0.1, -0.05) is 291 Å². The van der Waals surface area contributed by atoms with Crippen molar-refractivity contribution < 1.29 is 0 Å². The highest BCUT2D eigenvalue weighted by Crippen LogP contribution is 2.43. The summed E-state index contributed by atoms with van der Waals surface area (Å²) in [5, 5.41) is 10.7. The summed E-state index contributed by atoms with van der Waals surface area (Å²) < 4.78 is 5.20. The lowest BCUT2D eigenvalue weighted by molar-refractivity contribution is 1.18. The first-order valence-corrected chi connectivity index (χ1v) is 32.8. The van der Waals surface area contributed by atoms with Gasteiger partial charge < -0.3 is 4.57 Å². The topological polar surface area (TPSA) is 4.93 Å². The highest BCUT2D eigenvalue weighted by Gasteiger charge is 2.49. The molecule has 2 aromatic heterocycles. The summed E-state index contributed by atoms with van der Waals surface area (Å²) in [4.78, 5) is 0. The largest absolute Gasteiger partial charge is 0.309 e. The minimum atomic E-state index is -2.98. The summed E-state index contributed by atoms with van der Waals surface area (Å²) in [6.45, 7) is 0. The Bertz CT molecular complexity index is 5040. The minimum Gasteiger partial charge on any atom is -0.309 e. The lowest BCUT2D eigenvalue weighted by Crippen LogP contribution is -2.72. The SMILES string of the molecule is c1ccc(-c2ccc(-c3ccc(-c4ccc5c(c4)c4cc(-c6ccc(-c7ccc(-c8ccccc8)cc7)cc6)ccc4n5-c4ccc5c(c4)[Si](c4ccccc4)(c4ccccc4)c4cc(-c6cccc7c6sc6ccccc67)ccc4-5)cc3)cc2)cc1. The number of rotatable bonds is 10.